The summed E-state index contributed by atoms with van der Waals surface area (Å²) in [5.41, 5.74) is 1.12. The lowest BCUT2D eigenvalue weighted by Gasteiger charge is -2.37. The van der Waals surface area contributed by atoms with E-state index >= 15 is 0 Å². The van der Waals surface area contributed by atoms with Crippen molar-refractivity contribution in [1.29, 1.82) is 0 Å². The molecule has 2 aromatic rings. The second kappa shape index (κ2) is 8.81. The van der Waals surface area contributed by atoms with Gasteiger partial charge < -0.3 is 15.1 Å². The molecule has 1 aliphatic heterocycles. The number of carbonyl (C=O) groups is 3. The average Bonchev–Trinajstić information content (AvgIpc) is 2.71. The molecule has 0 saturated carbocycles. The van der Waals surface area contributed by atoms with Gasteiger partial charge in [-0.15, -0.1) is 0 Å². The van der Waals surface area contributed by atoms with E-state index in [-0.39, 0.29) is 25.5 Å². The Morgan fingerprint density at radius 2 is 1.55 bits per heavy atom. The number of nitrogens with one attached hydrogen (secondary N) is 1. The van der Waals surface area contributed by atoms with Gasteiger partial charge in [-0.1, -0.05) is 19.1 Å². The van der Waals surface area contributed by atoms with Gasteiger partial charge in [-0.25, -0.2) is 8.78 Å². The van der Waals surface area contributed by atoms with Crippen molar-refractivity contribution in [3.8, 4) is 0 Å². The molecule has 2 aromatic carbocycles. The second-order valence-electron chi connectivity index (χ2n) is 6.77. The first-order valence-corrected chi connectivity index (χ1v) is 9.29. The van der Waals surface area contributed by atoms with Gasteiger partial charge >= 0.3 is 11.8 Å². The van der Waals surface area contributed by atoms with Gasteiger partial charge in [0.15, 0.2) is 0 Å². The topological polar surface area (TPSA) is 69.7 Å². The molecule has 8 heteroatoms. The Balaban J connectivity index is 1.66. The van der Waals surface area contributed by atoms with Crippen molar-refractivity contribution >= 4 is 23.4 Å². The van der Waals surface area contributed by atoms with Crippen LogP contribution in [0.25, 0.3) is 0 Å². The number of anilines is 1. The molecule has 0 spiro atoms. The van der Waals surface area contributed by atoms with Crippen molar-refractivity contribution in [1.82, 2.24) is 9.80 Å². The Labute approximate surface area is 167 Å². The number of nitrogens with zero attached hydrogens (tertiary/aromatic N) is 2. The van der Waals surface area contributed by atoms with Crippen molar-refractivity contribution in [3.05, 3.63) is 65.7 Å². The van der Waals surface area contributed by atoms with Crippen LogP contribution in [0.1, 0.15) is 18.9 Å². The first-order chi connectivity index (χ1) is 13.9. The molecule has 0 unspecified atom stereocenters. The SMILES string of the molecule is CC[C@@H](C(=O)Nc1ccc(F)cc1)N1CCN(Cc2ccc(F)cc2)C(=O)C1=O. The summed E-state index contributed by atoms with van der Waals surface area (Å²) in [5, 5.41) is 2.65. The number of hydrogen-bond acceptors (Lipinski definition) is 3. The molecule has 1 heterocycles. The van der Waals surface area contributed by atoms with E-state index in [1.165, 1.54) is 46.2 Å². The molecule has 6 nitrogen and oxygen atoms in total. The minimum Gasteiger partial charge on any atom is -0.328 e. The first kappa shape index (κ1) is 20.4. The zero-order chi connectivity index (χ0) is 21.0. The number of piperazine rings is 1. The van der Waals surface area contributed by atoms with Gasteiger partial charge in [0.25, 0.3) is 0 Å². The second-order valence-corrected chi connectivity index (χ2v) is 6.77. The normalized spacial score (nSPS) is 15.4. The molecule has 1 aliphatic rings. The summed E-state index contributed by atoms with van der Waals surface area (Å²) in [7, 11) is 0. The van der Waals surface area contributed by atoms with E-state index in [4.69, 9.17) is 0 Å². The zero-order valence-electron chi connectivity index (χ0n) is 15.9. The lowest BCUT2D eigenvalue weighted by Crippen LogP contribution is -2.59. The Hall–Kier alpha value is -3.29. The van der Waals surface area contributed by atoms with E-state index in [2.05, 4.69) is 5.32 Å². The highest BCUT2D eigenvalue weighted by atomic mass is 19.1. The summed E-state index contributed by atoms with van der Waals surface area (Å²) in [4.78, 5) is 40.4. The molecule has 0 aromatic heterocycles. The molecular formula is C21H21F2N3O3. The van der Waals surface area contributed by atoms with Crippen LogP contribution in [-0.4, -0.2) is 46.7 Å². The van der Waals surface area contributed by atoms with Gasteiger partial charge in [0.1, 0.15) is 17.7 Å². The van der Waals surface area contributed by atoms with Gasteiger partial charge in [-0.05, 0) is 48.4 Å². The fraction of sp³-hybridized carbons (Fsp3) is 0.286. The standard InChI is InChI=1S/C21H21F2N3O3/c1-2-18(19(27)24-17-9-7-16(23)8-10-17)26-12-11-25(20(28)21(26)29)13-14-3-5-15(22)6-4-14/h3-10,18H,2,11-13H2,1H3,(H,24,27)/t18-/m0/s1. The number of rotatable bonds is 6. The van der Waals surface area contributed by atoms with Gasteiger partial charge in [0.05, 0.1) is 0 Å². The van der Waals surface area contributed by atoms with Crippen LogP contribution in [0.5, 0.6) is 0 Å². The fourth-order valence-corrected chi connectivity index (χ4v) is 3.25. The Morgan fingerprint density at radius 3 is 2.14 bits per heavy atom. The molecular weight excluding hydrogens is 380 g/mol. The summed E-state index contributed by atoms with van der Waals surface area (Å²) < 4.78 is 26.1. The van der Waals surface area contributed by atoms with Gasteiger partial charge in [-0.3, -0.25) is 14.4 Å². The molecule has 1 fully saturated rings. The van der Waals surface area contributed by atoms with Crippen molar-refractivity contribution in [3.63, 3.8) is 0 Å². The Morgan fingerprint density at radius 1 is 0.966 bits per heavy atom. The van der Waals surface area contributed by atoms with E-state index < -0.39 is 29.6 Å². The highest BCUT2D eigenvalue weighted by Gasteiger charge is 2.38. The number of carbonyl (C=O) groups excluding carboxylic acids is 3. The minimum atomic E-state index is -0.815. The Kier molecular flexibility index (Phi) is 6.21. The van der Waals surface area contributed by atoms with E-state index in [1.54, 1.807) is 19.1 Å². The molecule has 0 aliphatic carbocycles. The van der Waals surface area contributed by atoms with E-state index in [0.29, 0.717) is 17.7 Å². The van der Waals surface area contributed by atoms with E-state index in [9.17, 15) is 23.2 Å². The molecule has 1 saturated heterocycles. The maximum Gasteiger partial charge on any atom is 0.312 e. The van der Waals surface area contributed by atoms with Crippen LogP contribution >= 0.6 is 0 Å². The van der Waals surface area contributed by atoms with Crippen LogP contribution in [0.3, 0.4) is 0 Å². The van der Waals surface area contributed by atoms with E-state index in [0.717, 1.165) is 0 Å². The van der Waals surface area contributed by atoms with Gasteiger partial charge in [0, 0.05) is 25.3 Å². The number of amides is 3. The van der Waals surface area contributed by atoms with E-state index in [1.807, 2.05) is 0 Å². The number of halogens is 2. The summed E-state index contributed by atoms with van der Waals surface area (Å²) in [6.45, 7) is 2.41. The third kappa shape index (κ3) is 4.77. The lowest BCUT2D eigenvalue weighted by molar-refractivity contribution is -0.159. The molecule has 3 amide bonds. The van der Waals surface area contributed by atoms with Crippen LogP contribution in [0.4, 0.5) is 14.5 Å². The number of benzene rings is 2. The molecule has 1 N–H and O–H groups in total. The molecule has 152 valence electrons. The minimum absolute atomic E-state index is 0.192. The van der Waals surface area contributed by atoms with Crippen LogP contribution in [0.2, 0.25) is 0 Å². The van der Waals surface area contributed by atoms with Crippen LogP contribution in [0, 0.1) is 11.6 Å². The molecule has 29 heavy (non-hydrogen) atoms. The van der Waals surface area contributed by atoms with Crippen molar-refractivity contribution in [2.45, 2.75) is 25.9 Å². The predicted octanol–water partition coefficient (Wildman–Crippen LogP) is 2.55. The third-order valence-electron chi connectivity index (χ3n) is 4.81. The van der Waals surface area contributed by atoms with Crippen LogP contribution in [0.15, 0.2) is 48.5 Å². The summed E-state index contributed by atoms with van der Waals surface area (Å²) in [6, 6.07) is 10.2. The lowest BCUT2D eigenvalue weighted by atomic mass is 10.1. The van der Waals surface area contributed by atoms with Crippen molar-refractivity contribution < 1.29 is 23.2 Å². The van der Waals surface area contributed by atoms with Crippen molar-refractivity contribution in [2.75, 3.05) is 18.4 Å². The zero-order valence-corrected chi connectivity index (χ0v) is 15.9. The predicted molar refractivity (Wildman–Crippen MR) is 103 cm³/mol. The molecule has 0 radical (unpaired) electrons. The van der Waals surface area contributed by atoms with Crippen LogP contribution < -0.4 is 5.32 Å². The van der Waals surface area contributed by atoms with Gasteiger partial charge in [-0.2, -0.15) is 0 Å². The maximum absolute atomic E-state index is 13.0. The van der Waals surface area contributed by atoms with Crippen LogP contribution in [-0.2, 0) is 20.9 Å². The summed E-state index contributed by atoms with van der Waals surface area (Å²) in [6.07, 6.45) is 0.323. The molecule has 0 bridgehead atoms. The van der Waals surface area contributed by atoms with Gasteiger partial charge in [0.2, 0.25) is 5.91 Å². The monoisotopic (exact) mass is 401 g/mol. The highest BCUT2D eigenvalue weighted by Crippen LogP contribution is 2.17. The quantitative estimate of drug-likeness (QED) is 0.757. The fourth-order valence-electron chi connectivity index (χ4n) is 3.25. The first-order valence-electron chi connectivity index (χ1n) is 9.29. The molecule has 1 atom stereocenters. The number of hydrogen-bond donors (Lipinski definition) is 1. The maximum atomic E-state index is 13.0. The smallest absolute Gasteiger partial charge is 0.312 e. The largest absolute Gasteiger partial charge is 0.328 e. The van der Waals surface area contributed by atoms with Crippen molar-refractivity contribution in [2.24, 2.45) is 0 Å². The summed E-state index contributed by atoms with van der Waals surface area (Å²) in [5.74, 6) is -2.69. The Bertz CT molecular complexity index is 900. The molecule has 3 rings (SSSR count). The average molecular weight is 401 g/mol. The summed E-state index contributed by atoms with van der Waals surface area (Å²) >= 11 is 0. The third-order valence-corrected chi connectivity index (χ3v) is 4.81. The highest BCUT2D eigenvalue weighted by molar-refractivity contribution is 6.35.